The predicted octanol–water partition coefficient (Wildman–Crippen LogP) is 3.80. The number of fused-ring (bicyclic) bond motifs is 2. The molecule has 190 valence electrons. The molecule has 0 saturated carbocycles. The van der Waals surface area contributed by atoms with E-state index < -0.39 is 0 Å². The van der Waals surface area contributed by atoms with E-state index in [1.54, 1.807) is 0 Å². The Hall–Kier alpha value is -3.67. The van der Waals surface area contributed by atoms with Gasteiger partial charge in [-0.3, -0.25) is 0 Å². The van der Waals surface area contributed by atoms with E-state index in [4.69, 9.17) is 14.7 Å². The van der Waals surface area contributed by atoms with E-state index in [0.29, 0.717) is 25.1 Å². The van der Waals surface area contributed by atoms with Crippen LogP contribution in [0.25, 0.3) is 21.7 Å². The molecule has 8 heteroatoms. The Morgan fingerprint density at radius 3 is 2.84 bits per heavy atom. The molecule has 2 aromatic carbocycles. The van der Waals surface area contributed by atoms with Gasteiger partial charge in [0.2, 0.25) is 0 Å². The zero-order valence-electron chi connectivity index (χ0n) is 21.3. The number of ether oxygens (including phenoxy) is 1. The fraction of sp³-hybridized carbons (Fsp3) is 0.414. The minimum Gasteiger partial charge on any atom is -0.462 e. The Balaban J connectivity index is 1.34. The van der Waals surface area contributed by atoms with Crippen LogP contribution in [0.3, 0.4) is 0 Å². The molecule has 1 N–H and O–H groups in total. The lowest BCUT2D eigenvalue weighted by Gasteiger charge is -2.34. The van der Waals surface area contributed by atoms with Gasteiger partial charge in [-0.1, -0.05) is 42.5 Å². The average Bonchev–Trinajstić information content (AvgIpc) is 3.52. The van der Waals surface area contributed by atoms with Crippen LogP contribution in [0, 0.1) is 11.3 Å². The van der Waals surface area contributed by atoms with Gasteiger partial charge in [0.15, 0.2) is 0 Å². The Bertz CT molecular complexity index is 1440. The van der Waals surface area contributed by atoms with E-state index in [-0.39, 0.29) is 6.04 Å². The molecule has 0 amide bonds. The molecular formula is C29H33N7O. The van der Waals surface area contributed by atoms with E-state index in [1.807, 2.05) is 0 Å². The van der Waals surface area contributed by atoms with Crippen molar-refractivity contribution in [1.82, 2.24) is 24.8 Å². The van der Waals surface area contributed by atoms with Crippen LogP contribution < -0.4 is 15.0 Å². The van der Waals surface area contributed by atoms with Gasteiger partial charge >= 0.3 is 6.01 Å². The monoisotopic (exact) mass is 495 g/mol. The summed E-state index contributed by atoms with van der Waals surface area (Å²) in [4.78, 5) is 14.4. The van der Waals surface area contributed by atoms with Crippen LogP contribution in [0.4, 0.5) is 5.82 Å². The third-order valence-corrected chi connectivity index (χ3v) is 7.72. The molecule has 0 aliphatic carbocycles. The number of aromatic nitrogens is 3. The predicted molar refractivity (Wildman–Crippen MR) is 146 cm³/mol. The molecule has 2 aliphatic rings. The first kappa shape index (κ1) is 23.7. The van der Waals surface area contributed by atoms with Gasteiger partial charge in [-0.2, -0.15) is 15.2 Å². The number of nitriles is 1. The lowest BCUT2D eigenvalue weighted by Crippen LogP contribution is -2.50. The number of hydrogen-bond donors (Lipinski definition) is 1. The second-order valence-electron chi connectivity index (χ2n) is 10.2. The van der Waals surface area contributed by atoms with Crippen LogP contribution in [0.1, 0.15) is 24.8 Å². The highest BCUT2D eigenvalue weighted by atomic mass is 16.5. The van der Waals surface area contributed by atoms with Gasteiger partial charge < -0.3 is 24.4 Å². The molecule has 2 atom stereocenters. The molecule has 0 bridgehead atoms. The third-order valence-electron chi connectivity index (χ3n) is 7.72. The normalized spacial score (nSPS) is 20.5. The number of likely N-dealkylation sites (N-methyl/N-ethyl adjacent to an activating group) is 1. The average molecular weight is 496 g/mol. The van der Waals surface area contributed by atoms with Gasteiger partial charge in [0.1, 0.15) is 12.4 Å². The third kappa shape index (κ3) is 4.97. The second kappa shape index (κ2) is 10.4. The van der Waals surface area contributed by atoms with E-state index >= 15 is 0 Å². The highest BCUT2D eigenvalue weighted by molar-refractivity contribution is 5.90. The minimum atomic E-state index is 0.123. The number of piperazine rings is 1. The second-order valence-corrected chi connectivity index (χ2v) is 10.2. The van der Waals surface area contributed by atoms with Crippen molar-refractivity contribution < 1.29 is 4.74 Å². The quantitative estimate of drug-likeness (QED) is 0.418. The molecule has 4 heterocycles. The molecule has 4 aromatic rings. The number of nitrogens with zero attached hydrogens (tertiary/aromatic N) is 6. The van der Waals surface area contributed by atoms with Crippen molar-refractivity contribution in [3.8, 4) is 12.1 Å². The number of rotatable bonds is 7. The summed E-state index contributed by atoms with van der Waals surface area (Å²) in [6.07, 6.45) is 7.08. The lowest BCUT2D eigenvalue weighted by atomic mass is 10.0. The standard InChI is InChI=1S/C29H33N7O/c1-34-14-5-9-24(34)20-37-29-32-27-19-35(16-22-8-4-7-21-6-2-3-10-25(21)22)18-26(27)28(33-29)36-15-13-31-23(17-36)11-12-30/h2-4,6-8,10,18-19,23-24,31H,5,9,11,13-17,20H2,1H3/t23-,24-/m0/s1. The van der Waals surface area contributed by atoms with Crippen LogP contribution in [0.15, 0.2) is 54.9 Å². The molecule has 0 spiro atoms. The van der Waals surface area contributed by atoms with E-state index in [1.165, 1.54) is 22.8 Å². The summed E-state index contributed by atoms with van der Waals surface area (Å²) < 4.78 is 8.39. The van der Waals surface area contributed by atoms with Crippen molar-refractivity contribution in [1.29, 1.82) is 5.26 Å². The summed E-state index contributed by atoms with van der Waals surface area (Å²) in [5, 5.41) is 16.2. The van der Waals surface area contributed by atoms with Gasteiger partial charge in [0.25, 0.3) is 0 Å². The SMILES string of the molecule is CN1CCC[C@H]1COc1nc(N2CCN[C@@H](CC#N)C2)c2cn(Cc3cccc4ccccc34)cc2n1. The first-order valence-corrected chi connectivity index (χ1v) is 13.2. The Morgan fingerprint density at radius 2 is 1.97 bits per heavy atom. The Morgan fingerprint density at radius 1 is 1.08 bits per heavy atom. The lowest BCUT2D eigenvalue weighted by molar-refractivity contribution is 0.188. The van der Waals surface area contributed by atoms with Gasteiger partial charge in [-0.25, -0.2) is 0 Å². The summed E-state index contributed by atoms with van der Waals surface area (Å²) in [6, 6.07) is 18.2. The van der Waals surface area contributed by atoms with Crippen molar-refractivity contribution in [2.75, 3.05) is 44.7 Å². The highest BCUT2D eigenvalue weighted by Crippen LogP contribution is 2.30. The molecule has 6 rings (SSSR count). The van der Waals surface area contributed by atoms with E-state index in [9.17, 15) is 5.26 Å². The Kier molecular flexibility index (Phi) is 6.64. The summed E-state index contributed by atoms with van der Waals surface area (Å²) >= 11 is 0. The van der Waals surface area contributed by atoms with Gasteiger partial charge in [0, 0.05) is 50.7 Å². The number of anilines is 1. The van der Waals surface area contributed by atoms with Crippen molar-refractivity contribution in [2.24, 2.45) is 0 Å². The van der Waals surface area contributed by atoms with Crippen molar-refractivity contribution in [3.63, 3.8) is 0 Å². The van der Waals surface area contributed by atoms with Crippen molar-refractivity contribution in [3.05, 3.63) is 60.4 Å². The van der Waals surface area contributed by atoms with Crippen LogP contribution in [0.5, 0.6) is 6.01 Å². The van der Waals surface area contributed by atoms with Gasteiger partial charge in [0.05, 0.1) is 23.4 Å². The van der Waals surface area contributed by atoms with Gasteiger partial charge in [-0.15, -0.1) is 0 Å². The van der Waals surface area contributed by atoms with Crippen LogP contribution in [-0.4, -0.2) is 71.4 Å². The maximum atomic E-state index is 9.24. The van der Waals surface area contributed by atoms with Crippen molar-refractivity contribution >= 4 is 27.5 Å². The Labute approximate surface area is 217 Å². The van der Waals surface area contributed by atoms with Crippen LogP contribution >= 0.6 is 0 Å². The molecule has 0 radical (unpaired) electrons. The van der Waals surface area contributed by atoms with Gasteiger partial charge in [-0.05, 0) is 42.8 Å². The zero-order valence-corrected chi connectivity index (χ0v) is 21.3. The minimum absolute atomic E-state index is 0.123. The van der Waals surface area contributed by atoms with Crippen LogP contribution in [0.2, 0.25) is 0 Å². The topological polar surface area (TPSA) is 82.2 Å². The summed E-state index contributed by atoms with van der Waals surface area (Å²) in [7, 11) is 2.15. The zero-order chi connectivity index (χ0) is 25.2. The molecule has 2 aliphatic heterocycles. The fourth-order valence-corrected chi connectivity index (χ4v) is 5.69. The molecule has 8 nitrogen and oxygen atoms in total. The molecule has 2 fully saturated rings. The number of benzene rings is 2. The van der Waals surface area contributed by atoms with E-state index in [0.717, 1.165) is 55.9 Å². The van der Waals surface area contributed by atoms with Crippen molar-refractivity contribution in [2.45, 2.75) is 37.9 Å². The maximum absolute atomic E-state index is 9.24. The number of likely N-dealkylation sites (tertiary alicyclic amines) is 1. The molecule has 37 heavy (non-hydrogen) atoms. The smallest absolute Gasteiger partial charge is 0.319 e. The molecule has 2 saturated heterocycles. The first-order chi connectivity index (χ1) is 18.2. The highest BCUT2D eigenvalue weighted by Gasteiger charge is 2.25. The number of hydrogen-bond acceptors (Lipinski definition) is 7. The molecule has 0 unspecified atom stereocenters. The van der Waals surface area contributed by atoms with Crippen LogP contribution in [-0.2, 0) is 6.54 Å². The summed E-state index contributed by atoms with van der Waals surface area (Å²) in [6.45, 7) is 4.83. The fourth-order valence-electron chi connectivity index (χ4n) is 5.69. The largest absolute Gasteiger partial charge is 0.462 e. The van der Waals surface area contributed by atoms with E-state index in [2.05, 4.69) is 87.7 Å². The first-order valence-electron chi connectivity index (χ1n) is 13.2. The maximum Gasteiger partial charge on any atom is 0.319 e. The molecular weight excluding hydrogens is 462 g/mol. The number of nitrogens with one attached hydrogen (secondary N) is 1. The summed E-state index contributed by atoms with van der Waals surface area (Å²) in [5.41, 5.74) is 2.15. The molecule has 2 aromatic heterocycles. The summed E-state index contributed by atoms with van der Waals surface area (Å²) in [5.74, 6) is 0.890.